The van der Waals surface area contributed by atoms with Crippen LogP contribution in [0.3, 0.4) is 0 Å². The molecule has 0 bridgehead atoms. The topological polar surface area (TPSA) is 50.1 Å². The summed E-state index contributed by atoms with van der Waals surface area (Å²) in [6.07, 6.45) is 10.2. The molecule has 27 heavy (non-hydrogen) atoms. The molecule has 1 saturated heterocycles. The molecule has 3 aromatic heterocycles. The number of rotatable bonds is 5. The minimum Gasteiger partial charge on any atom is -0.368 e. The van der Waals surface area contributed by atoms with E-state index in [0.29, 0.717) is 0 Å². The predicted octanol–water partition coefficient (Wildman–Crippen LogP) is 3.71. The van der Waals surface area contributed by atoms with E-state index < -0.39 is 0 Å². The Labute approximate surface area is 168 Å². The van der Waals surface area contributed by atoms with Crippen molar-refractivity contribution < 1.29 is 0 Å². The zero-order valence-corrected chi connectivity index (χ0v) is 17.3. The largest absolute Gasteiger partial charge is 0.368 e. The minimum atomic E-state index is 0.936. The molecule has 0 N–H and O–H groups in total. The van der Waals surface area contributed by atoms with E-state index in [4.69, 9.17) is 0 Å². The quantitative estimate of drug-likeness (QED) is 0.619. The number of hydrogen-bond acceptors (Lipinski definition) is 5. The van der Waals surface area contributed by atoms with Crippen LogP contribution in [0.5, 0.6) is 0 Å². The number of anilines is 1. The fourth-order valence-electron chi connectivity index (χ4n) is 3.71. The fraction of sp³-hybridized carbons (Fsp3) is 0.450. The summed E-state index contributed by atoms with van der Waals surface area (Å²) >= 11 is 3.49. The normalized spacial score (nSPS) is 16.0. The van der Waals surface area contributed by atoms with E-state index in [0.717, 1.165) is 67.6 Å². The number of aryl methyl sites for hydroxylation is 1. The van der Waals surface area contributed by atoms with Gasteiger partial charge in [-0.2, -0.15) is 5.10 Å². The van der Waals surface area contributed by atoms with Crippen molar-refractivity contribution in [1.82, 2.24) is 24.6 Å². The van der Waals surface area contributed by atoms with Gasteiger partial charge in [-0.05, 0) is 40.9 Å². The molecule has 0 aliphatic carbocycles. The van der Waals surface area contributed by atoms with E-state index in [1.807, 2.05) is 29.3 Å². The van der Waals surface area contributed by atoms with E-state index in [1.165, 1.54) is 11.3 Å². The summed E-state index contributed by atoms with van der Waals surface area (Å²) in [5, 5.41) is 4.46. The number of pyridine rings is 2. The number of hydrogen-bond donors (Lipinski definition) is 0. The molecule has 0 atom stereocenters. The molecule has 1 aliphatic rings. The van der Waals surface area contributed by atoms with Gasteiger partial charge in [0.05, 0.1) is 17.4 Å². The van der Waals surface area contributed by atoms with Crippen molar-refractivity contribution >= 4 is 32.7 Å². The average molecular weight is 429 g/mol. The highest BCUT2D eigenvalue weighted by Gasteiger charge is 2.18. The Kier molecular flexibility index (Phi) is 5.69. The number of nitrogens with zero attached hydrogens (tertiary/aromatic N) is 6. The molecule has 4 rings (SSSR count). The molecule has 3 aromatic rings. The van der Waals surface area contributed by atoms with Crippen molar-refractivity contribution in [1.29, 1.82) is 0 Å². The minimum absolute atomic E-state index is 0.936. The molecule has 1 fully saturated rings. The van der Waals surface area contributed by atoms with Gasteiger partial charge in [-0.25, -0.2) is 0 Å². The number of fused-ring (bicyclic) bond motifs is 1. The molecule has 0 aromatic carbocycles. The van der Waals surface area contributed by atoms with Crippen LogP contribution in [0, 0.1) is 0 Å². The molecule has 4 heterocycles. The average Bonchev–Trinajstić information content (AvgIpc) is 2.97. The lowest BCUT2D eigenvalue weighted by atomic mass is 10.2. The van der Waals surface area contributed by atoms with Gasteiger partial charge in [-0.1, -0.05) is 6.92 Å². The van der Waals surface area contributed by atoms with Gasteiger partial charge in [0.15, 0.2) is 0 Å². The smallest absolute Gasteiger partial charge is 0.112 e. The molecule has 142 valence electrons. The van der Waals surface area contributed by atoms with Gasteiger partial charge in [0.1, 0.15) is 5.52 Å². The van der Waals surface area contributed by atoms with Gasteiger partial charge in [0, 0.05) is 67.9 Å². The standard InChI is InChI=1S/C20H25BrN6/c1-2-6-27-15-16(12-24-27)14-25-7-3-8-26(10-9-25)19-4-5-22-18-11-17(21)13-23-20(18)19/h4-5,11-13,15H,2-3,6-10,14H2,1H3. The second-order valence-electron chi connectivity index (χ2n) is 7.08. The van der Waals surface area contributed by atoms with Crippen LogP contribution in [0.15, 0.2) is 41.4 Å². The van der Waals surface area contributed by atoms with Crippen molar-refractivity contribution in [2.24, 2.45) is 0 Å². The molecule has 0 radical (unpaired) electrons. The highest BCUT2D eigenvalue weighted by molar-refractivity contribution is 9.10. The van der Waals surface area contributed by atoms with E-state index in [1.54, 1.807) is 0 Å². The van der Waals surface area contributed by atoms with E-state index in [2.05, 4.69) is 60.0 Å². The Hall–Kier alpha value is -1.99. The second-order valence-corrected chi connectivity index (χ2v) is 8.00. The lowest BCUT2D eigenvalue weighted by Crippen LogP contribution is -2.30. The molecule has 0 amide bonds. The second kappa shape index (κ2) is 8.35. The van der Waals surface area contributed by atoms with Gasteiger partial charge in [0.25, 0.3) is 0 Å². The van der Waals surface area contributed by atoms with Gasteiger partial charge in [-0.3, -0.25) is 19.5 Å². The van der Waals surface area contributed by atoms with Gasteiger partial charge in [-0.15, -0.1) is 0 Å². The molecule has 7 heteroatoms. The molecule has 6 nitrogen and oxygen atoms in total. The third-order valence-corrected chi connectivity index (χ3v) is 5.43. The summed E-state index contributed by atoms with van der Waals surface area (Å²) < 4.78 is 3.01. The van der Waals surface area contributed by atoms with Crippen molar-refractivity contribution in [2.75, 3.05) is 31.1 Å². The predicted molar refractivity (Wildman–Crippen MR) is 112 cm³/mol. The molecule has 0 spiro atoms. The van der Waals surface area contributed by atoms with Crippen LogP contribution in [0.4, 0.5) is 5.69 Å². The molecule has 0 unspecified atom stereocenters. The van der Waals surface area contributed by atoms with Crippen LogP contribution in [0.2, 0.25) is 0 Å². The highest BCUT2D eigenvalue weighted by Crippen LogP contribution is 2.26. The van der Waals surface area contributed by atoms with E-state index >= 15 is 0 Å². The monoisotopic (exact) mass is 428 g/mol. The summed E-state index contributed by atoms with van der Waals surface area (Å²) in [6.45, 7) is 8.34. The first-order valence-electron chi connectivity index (χ1n) is 9.62. The van der Waals surface area contributed by atoms with Crippen molar-refractivity contribution in [3.63, 3.8) is 0 Å². The first-order chi connectivity index (χ1) is 13.2. The van der Waals surface area contributed by atoms with Crippen LogP contribution in [-0.2, 0) is 13.1 Å². The van der Waals surface area contributed by atoms with Crippen LogP contribution in [0.25, 0.3) is 11.0 Å². The SMILES string of the molecule is CCCn1cc(CN2CCCN(c3ccnc4cc(Br)cnc34)CC2)cn1. The summed E-state index contributed by atoms with van der Waals surface area (Å²) in [5.41, 5.74) is 4.41. The number of halogens is 1. The van der Waals surface area contributed by atoms with E-state index in [-0.39, 0.29) is 0 Å². The van der Waals surface area contributed by atoms with Crippen molar-refractivity contribution in [3.8, 4) is 0 Å². The Bertz CT molecular complexity index is 908. The summed E-state index contributed by atoms with van der Waals surface area (Å²) in [4.78, 5) is 14.1. The first-order valence-corrected chi connectivity index (χ1v) is 10.4. The Morgan fingerprint density at radius 2 is 2.04 bits per heavy atom. The lowest BCUT2D eigenvalue weighted by Gasteiger charge is -2.24. The third kappa shape index (κ3) is 4.30. The fourth-order valence-corrected chi connectivity index (χ4v) is 4.03. The van der Waals surface area contributed by atoms with Crippen LogP contribution in [-0.4, -0.2) is 50.8 Å². The lowest BCUT2D eigenvalue weighted by molar-refractivity contribution is 0.285. The van der Waals surface area contributed by atoms with Crippen LogP contribution in [0.1, 0.15) is 25.3 Å². The Balaban J connectivity index is 1.45. The summed E-state index contributed by atoms with van der Waals surface area (Å²) in [7, 11) is 0. The van der Waals surface area contributed by atoms with Crippen molar-refractivity contribution in [3.05, 3.63) is 47.0 Å². The Morgan fingerprint density at radius 1 is 1.11 bits per heavy atom. The van der Waals surface area contributed by atoms with Gasteiger partial charge >= 0.3 is 0 Å². The Morgan fingerprint density at radius 3 is 2.93 bits per heavy atom. The van der Waals surface area contributed by atoms with Crippen molar-refractivity contribution in [2.45, 2.75) is 32.9 Å². The zero-order chi connectivity index (χ0) is 18.6. The molecule has 1 aliphatic heterocycles. The summed E-state index contributed by atoms with van der Waals surface area (Å²) in [6, 6.07) is 4.12. The summed E-state index contributed by atoms with van der Waals surface area (Å²) in [5.74, 6) is 0. The molecular weight excluding hydrogens is 404 g/mol. The van der Waals surface area contributed by atoms with E-state index in [9.17, 15) is 0 Å². The third-order valence-electron chi connectivity index (χ3n) is 5.00. The highest BCUT2D eigenvalue weighted by atomic mass is 79.9. The maximum absolute atomic E-state index is 4.62. The van der Waals surface area contributed by atoms with Gasteiger partial charge < -0.3 is 4.90 Å². The maximum Gasteiger partial charge on any atom is 0.112 e. The first kappa shape index (κ1) is 18.4. The van der Waals surface area contributed by atoms with Gasteiger partial charge in [0.2, 0.25) is 0 Å². The maximum atomic E-state index is 4.62. The molecular formula is C20H25BrN6. The molecule has 0 saturated carbocycles. The zero-order valence-electron chi connectivity index (χ0n) is 15.7. The van der Waals surface area contributed by atoms with Crippen LogP contribution >= 0.6 is 15.9 Å². The number of aromatic nitrogens is 4. The van der Waals surface area contributed by atoms with Crippen LogP contribution < -0.4 is 4.90 Å².